The van der Waals surface area contributed by atoms with Gasteiger partial charge in [0, 0.05) is 24.5 Å². The summed E-state index contributed by atoms with van der Waals surface area (Å²) in [5, 5.41) is 2.17. The van der Waals surface area contributed by atoms with Crippen LogP contribution >= 0.6 is 0 Å². The average Bonchev–Trinajstić information content (AvgIpc) is 3.20. The van der Waals surface area contributed by atoms with Gasteiger partial charge in [-0.2, -0.15) is 0 Å². The minimum absolute atomic E-state index is 0.145. The van der Waals surface area contributed by atoms with Crippen molar-refractivity contribution in [3.8, 4) is 5.69 Å². The highest BCUT2D eigenvalue weighted by Crippen LogP contribution is 2.17. The normalized spacial score (nSPS) is 11.6. The molecule has 1 heterocycles. The molecule has 28 heavy (non-hydrogen) atoms. The molecule has 3 rings (SSSR count). The minimum atomic E-state index is -3.38. The summed E-state index contributed by atoms with van der Waals surface area (Å²) >= 11 is 0. The van der Waals surface area contributed by atoms with Gasteiger partial charge in [-0.05, 0) is 55.8 Å². The van der Waals surface area contributed by atoms with Crippen LogP contribution in [0.3, 0.4) is 0 Å². The molecule has 0 aliphatic heterocycles. The molecule has 0 unspecified atom stereocenters. The van der Waals surface area contributed by atoms with Crippen molar-refractivity contribution in [1.29, 1.82) is 0 Å². The number of nitrogens with one attached hydrogen (secondary N) is 1. The van der Waals surface area contributed by atoms with Crippen molar-refractivity contribution in [1.82, 2.24) is 14.9 Å². The van der Waals surface area contributed by atoms with Crippen LogP contribution in [0.25, 0.3) is 5.69 Å². The number of imidazole rings is 1. The van der Waals surface area contributed by atoms with Crippen molar-refractivity contribution >= 4 is 15.7 Å². The first kappa shape index (κ1) is 19.8. The average molecular weight is 401 g/mol. The Hall–Kier alpha value is -3.00. The molecule has 2 aromatic carbocycles. The smallest absolute Gasteiger partial charge is 0.251 e. The second kappa shape index (κ2) is 7.93. The first-order chi connectivity index (χ1) is 13.3. The lowest BCUT2D eigenvalue weighted by atomic mass is 10.1. The van der Waals surface area contributed by atoms with E-state index in [1.54, 1.807) is 42.9 Å². The molecule has 0 radical (unpaired) electrons. The fourth-order valence-corrected chi connectivity index (χ4v) is 3.68. The zero-order valence-electron chi connectivity index (χ0n) is 15.5. The van der Waals surface area contributed by atoms with Crippen molar-refractivity contribution in [2.75, 3.05) is 0 Å². The van der Waals surface area contributed by atoms with Gasteiger partial charge in [0.2, 0.25) is 0 Å². The van der Waals surface area contributed by atoms with Gasteiger partial charge < -0.3 is 9.88 Å². The molecule has 0 bridgehead atoms. The van der Waals surface area contributed by atoms with Gasteiger partial charge in [-0.1, -0.05) is 6.07 Å². The highest BCUT2D eigenvalue weighted by atomic mass is 32.2. The first-order valence-electron chi connectivity index (χ1n) is 8.68. The lowest BCUT2D eigenvalue weighted by Crippen LogP contribution is -2.23. The fourth-order valence-electron chi connectivity index (χ4n) is 2.62. The van der Waals surface area contributed by atoms with E-state index in [2.05, 4.69) is 10.3 Å². The number of rotatable bonds is 6. The summed E-state index contributed by atoms with van der Waals surface area (Å²) in [5.74, 6) is -0.791. The maximum Gasteiger partial charge on any atom is 0.251 e. The van der Waals surface area contributed by atoms with Gasteiger partial charge >= 0.3 is 0 Å². The molecule has 0 saturated carbocycles. The third kappa shape index (κ3) is 4.12. The number of hydrogen-bond acceptors (Lipinski definition) is 4. The highest BCUT2D eigenvalue weighted by Gasteiger charge is 2.19. The predicted molar refractivity (Wildman–Crippen MR) is 103 cm³/mol. The van der Waals surface area contributed by atoms with E-state index in [0.717, 1.165) is 0 Å². The maximum absolute atomic E-state index is 14.3. The Balaban J connectivity index is 1.67. The van der Waals surface area contributed by atoms with E-state index >= 15 is 0 Å². The fraction of sp³-hybridized carbons (Fsp3) is 0.200. The summed E-state index contributed by atoms with van der Waals surface area (Å²) in [7, 11) is -3.38. The van der Waals surface area contributed by atoms with E-state index in [-0.39, 0.29) is 17.3 Å². The molecule has 1 amide bonds. The molecule has 0 saturated heterocycles. The maximum atomic E-state index is 14.3. The van der Waals surface area contributed by atoms with E-state index in [4.69, 9.17) is 0 Å². The number of carbonyl (C=O) groups is 1. The number of carbonyl (C=O) groups excluding carboxylic acids is 1. The summed E-state index contributed by atoms with van der Waals surface area (Å²) < 4.78 is 40.1. The van der Waals surface area contributed by atoms with E-state index in [1.165, 1.54) is 36.7 Å². The van der Waals surface area contributed by atoms with Crippen LogP contribution in [0, 0.1) is 5.82 Å². The molecule has 0 spiro atoms. The Morgan fingerprint density at radius 1 is 1.18 bits per heavy atom. The number of benzene rings is 2. The van der Waals surface area contributed by atoms with Gasteiger partial charge in [0.05, 0.1) is 22.2 Å². The molecule has 0 aliphatic rings. The summed E-state index contributed by atoms with van der Waals surface area (Å²) in [6, 6.07) is 10.5. The summed E-state index contributed by atoms with van der Waals surface area (Å²) in [6.45, 7) is 3.35. The van der Waals surface area contributed by atoms with Crippen LogP contribution in [-0.2, 0) is 16.4 Å². The largest absolute Gasteiger partial charge is 0.348 e. The van der Waals surface area contributed by atoms with Gasteiger partial charge in [-0.25, -0.2) is 17.8 Å². The monoisotopic (exact) mass is 401 g/mol. The zero-order valence-corrected chi connectivity index (χ0v) is 16.3. The molecule has 0 aliphatic carbocycles. The molecule has 3 aromatic rings. The summed E-state index contributed by atoms with van der Waals surface area (Å²) in [6.07, 6.45) is 4.71. The third-order valence-corrected chi connectivity index (χ3v) is 6.48. The standard InChI is InChI=1S/C20H20FN3O3S/c1-14(2)28(26,27)17-6-4-16(5-7-17)20(25)23-12-15-3-8-19(18(21)11-15)24-10-9-22-13-24/h3-11,13-14H,12H2,1-2H3,(H,23,25). The van der Waals surface area contributed by atoms with Crippen LogP contribution in [0.5, 0.6) is 0 Å². The quantitative estimate of drug-likeness (QED) is 0.688. The van der Waals surface area contributed by atoms with E-state index in [1.807, 2.05) is 0 Å². The van der Waals surface area contributed by atoms with Crippen molar-refractivity contribution < 1.29 is 17.6 Å². The van der Waals surface area contributed by atoms with Crippen LogP contribution in [-0.4, -0.2) is 29.1 Å². The highest BCUT2D eigenvalue weighted by molar-refractivity contribution is 7.92. The molecule has 1 aromatic heterocycles. The first-order valence-corrected chi connectivity index (χ1v) is 10.2. The van der Waals surface area contributed by atoms with E-state index in [0.29, 0.717) is 16.8 Å². The molecular formula is C20H20FN3O3S. The van der Waals surface area contributed by atoms with Crippen molar-refractivity contribution in [3.05, 3.63) is 78.1 Å². The van der Waals surface area contributed by atoms with Crippen LogP contribution in [0.1, 0.15) is 29.8 Å². The Labute approximate surface area is 163 Å². The summed E-state index contributed by atoms with van der Waals surface area (Å²) in [5.41, 5.74) is 1.31. The Bertz CT molecular complexity index is 1080. The second-order valence-corrected chi connectivity index (χ2v) is 9.06. The number of aromatic nitrogens is 2. The number of sulfone groups is 1. The van der Waals surface area contributed by atoms with Gasteiger partial charge in [-0.3, -0.25) is 4.79 Å². The topological polar surface area (TPSA) is 81.1 Å². The predicted octanol–water partition coefficient (Wildman–Crippen LogP) is 3.12. The van der Waals surface area contributed by atoms with Gasteiger partial charge in [-0.15, -0.1) is 0 Å². The second-order valence-electron chi connectivity index (χ2n) is 6.56. The molecular weight excluding hydrogens is 381 g/mol. The van der Waals surface area contributed by atoms with E-state index < -0.39 is 20.9 Å². The number of amides is 1. The van der Waals surface area contributed by atoms with Crippen molar-refractivity contribution in [3.63, 3.8) is 0 Å². The SMILES string of the molecule is CC(C)S(=O)(=O)c1ccc(C(=O)NCc2ccc(-n3ccnc3)c(F)c2)cc1. The zero-order chi connectivity index (χ0) is 20.3. The summed E-state index contributed by atoms with van der Waals surface area (Å²) in [4.78, 5) is 16.3. The van der Waals surface area contributed by atoms with Crippen LogP contribution < -0.4 is 5.32 Å². The van der Waals surface area contributed by atoms with Crippen LogP contribution in [0.15, 0.2) is 66.1 Å². The lowest BCUT2D eigenvalue weighted by Gasteiger charge is -2.10. The Morgan fingerprint density at radius 2 is 1.89 bits per heavy atom. The Kier molecular flexibility index (Phi) is 5.60. The van der Waals surface area contributed by atoms with Gasteiger partial charge in [0.1, 0.15) is 5.82 Å². The molecule has 146 valence electrons. The van der Waals surface area contributed by atoms with Crippen LogP contribution in [0.4, 0.5) is 4.39 Å². The number of hydrogen-bond donors (Lipinski definition) is 1. The molecule has 1 N–H and O–H groups in total. The van der Waals surface area contributed by atoms with Crippen LogP contribution in [0.2, 0.25) is 0 Å². The van der Waals surface area contributed by atoms with Crippen molar-refractivity contribution in [2.24, 2.45) is 0 Å². The molecule has 0 fully saturated rings. The van der Waals surface area contributed by atoms with Gasteiger partial charge in [0.15, 0.2) is 9.84 Å². The van der Waals surface area contributed by atoms with E-state index in [9.17, 15) is 17.6 Å². The molecule has 0 atom stereocenters. The molecule has 8 heteroatoms. The third-order valence-electron chi connectivity index (χ3n) is 4.31. The minimum Gasteiger partial charge on any atom is -0.348 e. The van der Waals surface area contributed by atoms with Crippen molar-refractivity contribution in [2.45, 2.75) is 30.5 Å². The number of halogens is 1. The Morgan fingerprint density at radius 3 is 2.46 bits per heavy atom. The number of nitrogens with zero attached hydrogens (tertiary/aromatic N) is 2. The molecule has 6 nitrogen and oxygen atoms in total. The lowest BCUT2D eigenvalue weighted by molar-refractivity contribution is 0.0950. The van der Waals surface area contributed by atoms with Gasteiger partial charge in [0.25, 0.3) is 5.91 Å².